The molecule has 0 aliphatic heterocycles. The van der Waals surface area contributed by atoms with Crippen molar-refractivity contribution in [1.29, 1.82) is 0 Å². The van der Waals surface area contributed by atoms with Crippen LogP contribution in [0.2, 0.25) is 0 Å². The summed E-state index contributed by atoms with van der Waals surface area (Å²) in [5, 5.41) is 8.85. The molecule has 80 valence electrons. The zero-order valence-electron chi connectivity index (χ0n) is 9.75. The predicted octanol–water partition coefficient (Wildman–Crippen LogP) is 3.14. The fourth-order valence-electron chi connectivity index (χ4n) is 2.94. The molecule has 1 saturated carbocycles. The van der Waals surface area contributed by atoms with Crippen molar-refractivity contribution >= 4 is 0 Å². The van der Waals surface area contributed by atoms with Gasteiger partial charge in [-0.3, -0.25) is 0 Å². The Bertz CT molecular complexity index is 403. The summed E-state index contributed by atoms with van der Waals surface area (Å²) in [4.78, 5) is 0. The topological polar surface area (TPSA) is 25.8 Å². The van der Waals surface area contributed by atoms with Crippen molar-refractivity contribution in [1.82, 2.24) is 10.2 Å². The maximum Gasteiger partial charge on any atom is 0.0697 e. The molecule has 2 aliphatic rings. The summed E-state index contributed by atoms with van der Waals surface area (Å²) in [6.07, 6.45) is 4.03. The van der Waals surface area contributed by atoms with E-state index in [1.165, 1.54) is 30.5 Å². The minimum Gasteiger partial charge on any atom is -0.155 e. The van der Waals surface area contributed by atoms with Gasteiger partial charge in [0.05, 0.1) is 11.4 Å². The molecule has 0 N–H and O–H groups in total. The van der Waals surface area contributed by atoms with Crippen molar-refractivity contribution in [3.05, 3.63) is 23.0 Å². The molecule has 1 aromatic heterocycles. The molecular formula is C13H18N2. The van der Waals surface area contributed by atoms with Crippen LogP contribution in [0.1, 0.15) is 68.8 Å². The van der Waals surface area contributed by atoms with E-state index >= 15 is 0 Å². The molecule has 1 heterocycles. The van der Waals surface area contributed by atoms with Crippen molar-refractivity contribution in [3.8, 4) is 0 Å². The van der Waals surface area contributed by atoms with Crippen LogP contribution in [-0.2, 0) is 5.41 Å². The van der Waals surface area contributed by atoms with Gasteiger partial charge in [0, 0.05) is 11.3 Å². The quantitative estimate of drug-likeness (QED) is 0.646. The summed E-state index contributed by atoms with van der Waals surface area (Å²) in [7, 11) is 0. The first-order valence-corrected chi connectivity index (χ1v) is 5.93. The maximum atomic E-state index is 4.46. The lowest BCUT2D eigenvalue weighted by atomic mass is 9.88. The van der Waals surface area contributed by atoms with Crippen LogP contribution < -0.4 is 0 Å². The number of nitrogens with zero attached hydrogens (tertiary/aromatic N) is 2. The Hall–Kier alpha value is -0.920. The van der Waals surface area contributed by atoms with Gasteiger partial charge < -0.3 is 0 Å². The largest absolute Gasteiger partial charge is 0.155 e. The van der Waals surface area contributed by atoms with Gasteiger partial charge in [-0.15, -0.1) is 0 Å². The first-order chi connectivity index (χ1) is 7.05. The molecule has 15 heavy (non-hydrogen) atoms. The molecule has 2 nitrogen and oxygen atoms in total. The second-order valence-electron chi connectivity index (χ2n) is 6.03. The summed E-state index contributed by atoms with van der Waals surface area (Å²) >= 11 is 0. The summed E-state index contributed by atoms with van der Waals surface area (Å²) in [6.45, 7) is 6.61. The second kappa shape index (κ2) is 2.81. The standard InChI is InChI=1S/C13H18N2/c1-13(2,3)11-7-10-8-4-5-9(6-8)12(10)15-14-11/h7-9H,4-6H2,1-3H3/t8-,9-/m1/s1. The molecule has 1 aromatic rings. The molecule has 2 atom stereocenters. The molecule has 0 aromatic carbocycles. The lowest BCUT2D eigenvalue weighted by Crippen LogP contribution is -2.16. The lowest BCUT2D eigenvalue weighted by molar-refractivity contribution is 0.549. The van der Waals surface area contributed by atoms with Crippen molar-refractivity contribution in [2.24, 2.45) is 0 Å². The zero-order chi connectivity index (χ0) is 10.6. The summed E-state index contributed by atoms with van der Waals surface area (Å²) in [5.74, 6) is 1.52. The average Bonchev–Trinajstić information content (AvgIpc) is 2.76. The van der Waals surface area contributed by atoms with Crippen LogP contribution in [0.5, 0.6) is 0 Å². The van der Waals surface area contributed by atoms with Crippen LogP contribution in [0.25, 0.3) is 0 Å². The van der Waals surface area contributed by atoms with Gasteiger partial charge in [-0.05, 0) is 36.8 Å². The average molecular weight is 202 g/mol. The van der Waals surface area contributed by atoms with Gasteiger partial charge >= 0.3 is 0 Å². The van der Waals surface area contributed by atoms with E-state index in [1.54, 1.807) is 0 Å². The fraction of sp³-hybridized carbons (Fsp3) is 0.692. The minimum absolute atomic E-state index is 0.129. The molecule has 0 unspecified atom stereocenters. The van der Waals surface area contributed by atoms with E-state index in [0.29, 0.717) is 0 Å². The first-order valence-electron chi connectivity index (χ1n) is 5.93. The monoisotopic (exact) mass is 202 g/mol. The van der Waals surface area contributed by atoms with Gasteiger partial charge in [0.2, 0.25) is 0 Å². The molecule has 2 aliphatic carbocycles. The van der Waals surface area contributed by atoms with Crippen molar-refractivity contribution in [2.75, 3.05) is 0 Å². The van der Waals surface area contributed by atoms with Gasteiger partial charge in [-0.25, -0.2) is 0 Å². The number of aromatic nitrogens is 2. The highest BCUT2D eigenvalue weighted by atomic mass is 15.1. The molecule has 0 amide bonds. The SMILES string of the molecule is CC(C)(C)c1cc2c(nn1)[C@@H]1CC[C@@H]2C1. The lowest BCUT2D eigenvalue weighted by Gasteiger charge is -2.20. The van der Waals surface area contributed by atoms with E-state index < -0.39 is 0 Å². The Morgan fingerprint density at radius 2 is 1.87 bits per heavy atom. The Balaban J connectivity index is 2.08. The van der Waals surface area contributed by atoms with Crippen molar-refractivity contribution in [3.63, 3.8) is 0 Å². The molecule has 2 bridgehead atoms. The van der Waals surface area contributed by atoms with Crippen molar-refractivity contribution < 1.29 is 0 Å². The Kier molecular flexibility index (Phi) is 1.74. The van der Waals surface area contributed by atoms with E-state index in [2.05, 4.69) is 37.0 Å². The fourth-order valence-corrected chi connectivity index (χ4v) is 2.94. The van der Waals surface area contributed by atoms with Crippen LogP contribution in [0.15, 0.2) is 6.07 Å². The highest BCUT2D eigenvalue weighted by Crippen LogP contribution is 2.52. The molecule has 1 fully saturated rings. The highest BCUT2D eigenvalue weighted by Gasteiger charge is 2.39. The molecule has 3 rings (SSSR count). The van der Waals surface area contributed by atoms with E-state index in [4.69, 9.17) is 0 Å². The van der Waals surface area contributed by atoms with Crippen LogP contribution in [-0.4, -0.2) is 10.2 Å². The smallest absolute Gasteiger partial charge is 0.0697 e. The van der Waals surface area contributed by atoms with Gasteiger partial charge in [0.25, 0.3) is 0 Å². The maximum absolute atomic E-state index is 4.46. The van der Waals surface area contributed by atoms with Crippen LogP contribution in [0.3, 0.4) is 0 Å². The number of hydrogen-bond donors (Lipinski definition) is 0. The minimum atomic E-state index is 0.129. The summed E-state index contributed by atoms with van der Waals surface area (Å²) < 4.78 is 0. The third-order valence-electron chi connectivity index (χ3n) is 3.88. The van der Waals surface area contributed by atoms with Crippen LogP contribution in [0.4, 0.5) is 0 Å². The molecule has 2 heteroatoms. The van der Waals surface area contributed by atoms with E-state index in [-0.39, 0.29) is 5.41 Å². The predicted molar refractivity (Wildman–Crippen MR) is 60.1 cm³/mol. The summed E-state index contributed by atoms with van der Waals surface area (Å²) in [5.41, 5.74) is 4.09. The number of hydrogen-bond acceptors (Lipinski definition) is 2. The third kappa shape index (κ3) is 1.30. The zero-order valence-corrected chi connectivity index (χ0v) is 9.75. The van der Waals surface area contributed by atoms with Crippen LogP contribution in [0, 0.1) is 0 Å². The third-order valence-corrected chi connectivity index (χ3v) is 3.88. The Labute approximate surface area is 91.1 Å². The molecule has 0 saturated heterocycles. The number of rotatable bonds is 0. The normalized spacial score (nSPS) is 28.2. The van der Waals surface area contributed by atoms with Crippen LogP contribution >= 0.6 is 0 Å². The number of fused-ring (bicyclic) bond motifs is 5. The molecule has 0 spiro atoms. The van der Waals surface area contributed by atoms with Gasteiger partial charge in [0.1, 0.15) is 0 Å². The van der Waals surface area contributed by atoms with E-state index in [9.17, 15) is 0 Å². The second-order valence-corrected chi connectivity index (χ2v) is 6.03. The van der Waals surface area contributed by atoms with Gasteiger partial charge in [0.15, 0.2) is 0 Å². The van der Waals surface area contributed by atoms with Crippen molar-refractivity contribution in [2.45, 2.75) is 57.3 Å². The first kappa shape index (κ1) is 9.32. The van der Waals surface area contributed by atoms with E-state index in [1.807, 2.05) is 0 Å². The highest BCUT2D eigenvalue weighted by molar-refractivity contribution is 5.37. The molecule has 0 radical (unpaired) electrons. The summed E-state index contributed by atoms with van der Waals surface area (Å²) in [6, 6.07) is 2.31. The molecular weight excluding hydrogens is 184 g/mol. The Morgan fingerprint density at radius 3 is 2.60 bits per heavy atom. The van der Waals surface area contributed by atoms with E-state index in [0.717, 1.165) is 17.5 Å². The Morgan fingerprint density at radius 1 is 1.13 bits per heavy atom. The van der Waals surface area contributed by atoms with Gasteiger partial charge in [-0.2, -0.15) is 10.2 Å². The van der Waals surface area contributed by atoms with Gasteiger partial charge in [-0.1, -0.05) is 20.8 Å².